The summed E-state index contributed by atoms with van der Waals surface area (Å²) in [5, 5.41) is 11.6. The highest BCUT2D eigenvalue weighted by atomic mass is 16.5. The molecule has 24 heavy (non-hydrogen) atoms. The highest BCUT2D eigenvalue weighted by Crippen LogP contribution is 2.34. The van der Waals surface area contributed by atoms with Crippen LogP contribution in [0.4, 0.5) is 0 Å². The molecule has 0 unspecified atom stereocenters. The standard InChI is InChI=1S/C18H24N4O2/c1-12-10-15(21-24-12)18(23)19-11-16-14-8-4-5-9-17(14)22(20-16)13-6-2-3-7-13/h10,13H,2-9,11H2,1H3,(H,19,23). The van der Waals surface area contributed by atoms with E-state index >= 15 is 0 Å². The predicted molar refractivity (Wildman–Crippen MR) is 88.8 cm³/mol. The van der Waals surface area contributed by atoms with Crippen molar-refractivity contribution in [3.63, 3.8) is 0 Å². The SMILES string of the molecule is Cc1cc(C(=O)NCc2nn(C3CCCC3)c3c2CCCC3)no1. The molecule has 0 saturated heterocycles. The summed E-state index contributed by atoms with van der Waals surface area (Å²) < 4.78 is 7.25. The first-order chi connectivity index (χ1) is 11.7. The Labute approximate surface area is 141 Å². The van der Waals surface area contributed by atoms with Crippen LogP contribution in [0.5, 0.6) is 0 Å². The van der Waals surface area contributed by atoms with Gasteiger partial charge < -0.3 is 9.84 Å². The van der Waals surface area contributed by atoms with Crippen molar-refractivity contribution in [1.29, 1.82) is 0 Å². The molecule has 2 aliphatic rings. The van der Waals surface area contributed by atoms with E-state index in [2.05, 4.69) is 15.2 Å². The molecular weight excluding hydrogens is 304 g/mol. The van der Waals surface area contributed by atoms with Gasteiger partial charge in [-0.3, -0.25) is 9.48 Å². The fourth-order valence-corrected chi connectivity index (χ4v) is 4.02. The van der Waals surface area contributed by atoms with E-state index in [9.17, 15) is 4.79 Å². The molecule has 6 heteroatoms. The maximum atomic E-state index is 12.2. The van der Waals surface area contributed by atoms with Crippen molar-refractivity contribution in [2.75, 3.05) is 0 Å². The number of fused-ring (bicyclic) bond motifs is 1. The molecule has 1 saturated carbocycles. The number of aromatic nitrogens is 3. The van der Waals surface area contributed by atoms with Gasteiger partial charge in [0.2, 0.25) is 0 Å². The van der Waals surface area contributed by atoms with Gasteiger partial charge in [-0.25, -0.2) is 0 Å². The molecule has 2 heterocycles. The second-order valence-electron chi connectivity index (χ2n) is 6.97. The lowest BCUT2D eigenvalue weighted by molar-refractivity contribution is 0.0941. The Kier molecular flexibility index (Phi) is 4.12. The number of aryl methyl sites for hydroxylation is 1. The van der Waals surface area contributed by atoms with Crippen LogP contribution in [-0.2, 0) is 19.4 Å². The topological polar surface area (TPSA) is 73.0 Å². The Bertz CT molecular complexity index is 740. The lowest BCUT2D eigenvalue weighted by atomic mass is 9.95. The highest BCUT2D eigenvalue weighted by Gasteiger charge is 2.26. The summed E-state index contributed by atoms with van der Waals surface area (Å²) in [5.74, 6) is 0.440. The van der Waals surface area contributed by atoms with Gasteiger partial charge in [0.1, 0.15) is 5.76 Å². The predicted octanol–water partition coefficient (Wildman–Crippen LogP) is 3.10. The summed E-state index contributed by atoms with van der Waals surface area (Å²) in [6, 6.07) is 2.21. The molecule has 0 radical (unpaired) electrons. The number of carbonyl (C=O) groups excluding carboxylic acids is 1. The van der Waals surface area contributed by atoms with Crippen LogP contribution >= 0.6 is 0 Å². The molecule has 0 spiro atoms. The highest BCUT2D eigenvalue weighted by molar-refractivity contribution is 5.92. The summed E-state index contributed by atoms with van der Waals surface area (Å²) >= 11 is 0. The second kappa shape index (κ2) is 6.42. The maximum absolute atomic E-state index is 12.2. The average molecular weight is 328 g/mol. The molecule has 2 aromatic rings. The van der Waals surface area contributed by atoms with Gasteiger partial charge in [-0.15, -0.1) is 0 Å². The minimum Gasteiger partial charge on any atom is -0.361 e. The van der Waals surface area contributed by atoms with Gasteiger partial charge in [0, 0.05) is 11.8 Å². The molecule has 0 aliphatic heterocycles. The van der Waals surface area contributed by atoms with Gasteiger partial charge in [0.05, 0.1) is 18.3 Å². The molecule has 1 N–H and O–H groups in total. The minimum atomic E-state index is -0.202. The Hall–Kier alpha value is -2.11. The van der Waals surface area contributed by atoms with Gasteiger partial charge in [-0.1, -0.05) is 18.0 Å². The van der Waals surface area contributed by atoms with Crippen molar-refractivity contribution in [3.05, 3.63) is 34.5 Å². The molecule has 1 fully saturated rings. The first-order valence-corrected chi connectivity index (χ1v) is 9.03. The number of hydrogen-bond acceptors (Lipinski definition) is 4. The van der Waals surface area contributed by atoms with Gasteiger partial charge in [-0.05, 0) is 51.0 Å². The fraction of sp³-hybridized carbons (Fsp3) is 0.611. The third kappa shape index (κ3) is 2.85. The molecule has 128 valence electrons. The van der Waals surface area contributed by atoms with Crippen molar-refractivity contribution in [2.24, 2.45) is 0 Å². The van der Waals surface area contributed by atoms with Crippen molar-refractivity contribution in [1.82, 2.24) is 20.3 Å². The average Bonchev–Trinajstić information content (AvgIpc) is 3.32. The quantitative estimate of drug-likeness (QED) is 0.936. The Morgan fingerprint density at radius 1 is 1.29 bits per heavy atom. The summed E-state index contributed by atoms with van der Waals surface area (Å²) in [6.07, 6.45) is 9.73. The van der Waals surface area contributed by atoms with Crippen LogP contribution in [0.3, 0.4) is 0 Å². The van der Waals surface area contributed by atoms with Gasteiger partial charge >= 0.3 is 0 Å². The Morgan fingerprint density at radius 2 is 2.08 bits per heavy atom. The number of carbonyl (C=O) groups is 1. The molecule has 2 aromatic heterocycles. The maximum Gasteiger partial charge on any atom is 0.273 e. The van der Waals surface area contributed by atoms with Crippen molar-refractivity contribution in [3.8, 4) is 0 Å². The van der Waals surface area contributed by atoms with E-state index in [1.165, 1.54) is 49.8 Å². The van der Waals surface area contributed by atoms with Crippen LogP contribution in [0.15, 0.2) is 10.6 Å². The number of amides is 1. The van der Waals surface area contributed by atoms with E-state index in [0.717, 1.165) is 18.5 Å². The molecule has 0 aromatic carbocycles. The van der Waals surface area contributed by atoms with Gasteiger partial charge in [0.15, 0.2) is 5.69 Å². The number of hydrogen-bond donors (Lipinski definition) is 1. The van der Waals surface area contributed by atoms with Crippen molar-refractivity contribution in [2.45, 2.75) is 70.9 Å². The molecule has 2 aliphatic carbocycles. The fourth-order valence-electron chi connectivity index (χ4n) is 4.02. The van der Waals surface area contributed by atoms with E-state index in [4.69, 9.17) is 9.62 Å². The van der Waals surface area contributed by atoms with E-state index in [1.807, 2.05) is 0 Å². The molecule has 0 bridgehead atoms. The van der Waals surface area contributed by atoms with E-state index in [1.54, 1.807) is 13.0 Å². The first kappa shape index (κ1) is 15.4. The lowest BCUT2D eigenvalue weighted by Crippen LogP contribution is -2.24. The Morgan fingerprint density at radius 3 is 2.83 bits per heavy atom. The number of nitrogens with zero attached hydrogens (tertiary/aromatic N) is 3. The van der Waals surface area contributed by atoms with Crippen LogP contribution < -0.4 is 5.32 Å². The van der Waals surface area contributed by atoms with Crippen LogP contribution in [0, 0.1) is 6.92 Å². The smallest absolute Gasteiger partial charge is 0.273 e. The zero-order chi connectivity index (χ0) is 16.5. The van der Waals surface area contributed by atoms with E-state index in [0.29, 0.717) is 24.0 Å². The summed E-state index contributed by atoms with van der Waals surface area (Å²) in [4.78, 5) is 12.2. The monoisotopic (exact) mass is 328 g/mol. The zero-order valence-electron chi connectivity index (χ0n) is 14.2. The van der Waals surface area contributed by atoms with Crippen LogP contribution in [0.25, 0.3) is 0 Å². The van der Waals surface area contributed by atoms with Crippen molar-refractivity contribution < 1.29 is 9.32 Å². The van der Waals surface area contributed by atoms with Crippen LogP contribution in [0.1, 0.15) is 77.8 Å². The molecule has 0 atom stereocenters. The summed E-state index contributed by atoms with van der Waals surface area (Å²) in [5.41, 5.74) is 4.14. The second-order valence-corrected chi connectivity index (χ2v) is 6.97. The number of nitrogens with one attached hydrogen (secondary N) is 1. The normalized spacial score (nSPS) is 17.9. The molecule has 6 nitrogen and oxygen atoms in total. The van der Waals surface area contributed by atoms with Gasteiger partial charge in [0.25, 0.3) is 5.91 Å². The summed E-state index contributed by atoms with van der Waals surface area (Å²) in [7, 11) is 0. The van der Waals surface area contributed by atoms with Crippen LogP contribution in [-0.4, -0.2) is 20.8 Å². The molecule has 4 rings (SSSR count). The lowest BCUT2D eigenvalue weighted by Gasteiger charge is -2.18. The van der Waals surface area contributed by atoms with E-state index in [-0.39, 0.29) is 5.91 Å². The summed E-state index contributed by atoms with van der Waals surface area (Å²) in [6.45, 7) is 2.25. The molecule has 1 amide bonds. The molecular formula is C18H24N4O2. The van der Waals surface area contributed by atoms with Gasteiger partial charge in [-0.2, -0.15) is 5.10 Å². The number of rotatable bonds is 4. The van der Waals surface area contributed by atoms with Crippen LogP contribution in [0.2, 0.25) is 0 Å². The zero-order valence-corrected chi connectivity index (χ0v) is 14.2. The van der Waals surface area contributed by atoms with E-state index < -0.39 is 0 Å². The van der Waals surface area contributed by atoms with Crippen molar-refractivity contribution >= 4 is 5.91 Å². The Balaban J connectivity index is 1.53. The third-order valence-corrected chi connectivity index (χ3v) is 5.24. The first-order valence-electron chi connectivity index (χ1n) is 9.03. The minimum absolute atomic E-state index is 0.202. The third-order valence-electron chi connectivity index (χ3n) is 5.24. The largest absolute Gasteiger partial charge is 0.361 e.